The van der Waals surface area contributed by atoms with Crippen molar-refractivity contribution < 1.29 is 14.7 Å². The molecule has 1 aromatic rings. The van der Waals surface area contributed by atoms with E-state index in [2.05, 4.69) is 10.3 Å². The van der Waals surface area contributed by atoms with E-state index in [0.29, 0.717) is 25.7 Å². The van der Waals surface area contributed by atoms with E-state index in [-0.39, 0.29) is 12.3 Å². The van der Waals surface area contributed by atoms with Crippen LogP contribution in [-0.4, -0.2) is 22.4 Å². The van der Waals surface area contributed by atoms with E-state index in [9.17, 15) is 14.7 Å². The number of nitrogens with one attached hydrogen (secondary N) is 1. The molecular formula is C13H15N2O3-. The molecule has 1 amide bonds. The Morgan fingerprint density at radius 2 is 2.33 bits per heavy atom. The number of hydrogen-bond acceptors (Lipinski definition) is 4. The fourth-order valence-electron chi connectivity index (χ4n) is 2.31. The fourth-order valence-corrected chi connectivity index (χ4v) is 2.31. The minimum atomic E-state index is -1.30. The Hall–Kier alpha value is -1.91. The minimum absolute atomic E-state index is 0.217. The van der Waals surface area contributed by atoms with E-state index in [0.717, 1.165) is 5.56 Å². The zero-order valence-corrected chi connectivity index (χ0v) is 10.0. The molecule has 1 aromatic heterocycles. The summed E-state index contributed by atoms with van der Waals surface area (Å²) in [5.74, 6) is -1.44. The van der Waals surface area contributed by atoms with Gasteiger partial charge < -0.3 is 15.2 Å². The summed E-state index contributed by atoms with van der Waals surface area (Å²) < 4.78 is 0. The third-order valence-electron chi connectivity index (χ3n) is 3.26. The van der Waals surface area contributed by atoms with E-state index < -0.39 is 11.5 Å². The minimum Gasteiger partial charge on any atom is -0.548 e. The Bertz CT molecular complexity index is 447. The van der Waals surface area contributed by atoms with Crippen LogP contribution in [0.4, 0.5) is 0 Å². The first-order valence-electron chi connectivity index (χ1n) is 6.04. The number of hydrogen-bond donors (Lipinski definition) is 1. The van der Waals surface area contributed by atoms with Gasteiger partial charge >= 0.3 is 0 Å². The van der Waals surface area contributed by atoms with E-state index in [1.807, 2.05) is 0 Å². The number of pyridine rings is 1. The first kappa shape index (κ1) is 12.5. The van der Waals surface area contributed by atoms with Crippen molar-refractivity contribution in [2.75, 3.05) is 0 Å². The topological polar surface area (TPSA) is 82.1 Å². The van der Waals surface area contributed by atoms with Gasteiger partial charge in [0.2, 0.25) is 5.91 Å². The summed E-state index contributed by atoms with van der Waals surface area (Å²) in [6.45, 7) is 0. The second-order valence-corrected chi connectivity index (χ2v) is 4.66. The molecule has 96 valence electrons. The van der Waals surface area contributed by atoms with Crippen molar-refractivity contribution in [3.8, 4) is 0 Å². The van der Waals surface area contributed by atoms with Gasteiger partial charge in [0.15, 0.2) is 0 Å². The van der Waals surface area contributed by atoms with Gasteiger partial charge in [-0.25, -0.2) is 0 Å². The maximum absolute atomic E-state index is 11.6. The summed E-state index contributed by atoms with van der Waals surface area (Å²) in [6, 6.07) is 3.55. The van der Waals surface area contributed by atoms with Crippen molar-refractivity contribution >= 4 is 11.9 Å². The normalized spacial score (nSPS) is 24.1. The Labute approximate surface area is 105 Å². The second kappa shape index (κ2) is 5.16. The van der Waals surface area contributed by atoms with Gasteiger partial charge in [0.05, 0.1) is 11.5 Å². The zero-order valence-electron chi connectivity index (χ0n) is 10.0. The Kier molecular flexibility index (Phi) is 3.60. The SMILES string of the molecule is O=C1CCCCC(Cc2cccnc2)(C(=O)[O-])N1. The van der Waals surface area contributed by atoms with Crippen LogP contribution in [0.2, 0.25) is 0 Å². The molecule has 1 unspecified atom stereocenters. The fraction of sp³-hybridized carbons (Fsp3) is 0.462. The number of nitrogens with zero attached hydrogens (tertiary/aromatic N) is 1. The number of carbonyl (C=O) groups is 2. The van der Waals surface area contributed by atoms with Gasteiger partial charge in [-0.1, -0.05) is 12.5 Å². The molecule has 5 heteroatoms. The highest BCUT2D eigenvalue weighted by Crippen LogP contribution is 2.23. The number of carboxylic acid groups (broad SMARTS) is 1. The lowest BCUT2D eigenvalue weighted by Gasteiger charge is -2.34. The lowest BCUT2D eigenvalue weighted by atomic mass is 9.87. The summed E-state index contributed by atoms with van der Waals surface area (Å²) in [7, 11) is 0. The van der Waals surface area contributed by atoms with Crippen molar-refractivity contribution in [2.24, 2.45) is 0 Å². The molecule has 2 rings (SSSR count). The molecule has 1 aliphatic heterocycles. The predicted molar refractivity (Wildman–Crippen MR) is 62.3 cm³/mol. The highest BCUT2D eigenvalue weighted by Gasteiger charge is 2.35. The molecule has 1 atom stereocenters. The van der Waals surface area contributed by atoms with E-state index >= 15 is 0 Å². The highest BCUT2D eigenvalue weighted by atomic mass is 16.4. The van der Waals surface area contributed by atoms with E-state index in [4.69, 9.17) is 0 Å². The first-order chi connectivity index (χ1) is 8.62. The summed E-state index contributed by atoms with van der Waals surface area (Å²) in [6.07, 6.45) is 5.65. The van der Waals surface area contributed by atoms with Crippen molar-refractivity contribution in [3.05, 3.63) is 30.1 Å². The first-order valence-corrected chi connectivity index (χ1v) is 6.04. The molecule has 0 saturated carbocycles. The summed E-state index contributed by atoms with van der Waals surface area (Å²) in [5.41, 5.74) is -0.514. The monoisotopic (exact) mass is 247 g/mol. The van der Waals surface area contributed by atoms with Crippen molar-refractivity contribution in [3.63, 3.8) is 0 Å². The third kappa shape index (κ3) is 2.67. The quantitative estimate of drug-likeness (QED) is 0.802. The molecule has 0 aliphatic carbocycles. The summed E-state index contributed by atoms with van der Waals surface area (Å²) in [5, 5.41) is 14.0. The number of amides is 1. The lowest BCUT2D eigenvalue weighted by Crippen LogP contribution is -2.60. The Morgan fingerprint density at radius 1 is 1.50 bits per heavy atom. The van der Waals surface area contributed by atoms with Crippen molar-refractivity contribution in [1.82, 2.24) is 10.3 Å². The van der Waals surface area contributed by atoms with Crippen LogP contribution < -0.4 is 10.4 Å². The average molecular weight is 247 g/mol. The number of aliphatic carboxylic acids is 1. The molecule has 1 saturated heterocycles. The molecule has 0 bridgehead atoms. The molecule has 0 radical (unpaired) electrons. The Balaban J connectivity index is 2.26. The molecule has 1 N–H and O–H groups in total. The number of carbonyl (C=O) groups excluding carboxylic acids is 2. The number of rotatable bonds is 3. The average Bonchev–Trinajstić information content (AvgIpc) is 2.53. The van der Waals surface area contributed by atoms with Gasteiger partial charge in [-0.05, 0) is 24.5 Å². The van der Waals surface area contributed by atoms with Gasteiger partial charge in [0, 0.05) is 25.2 Å². The van der Waals surface area contributed by atoms with Crippen LogP contribution in [0.3, 0.4) is 0 Å². The second-order valence-electron chi connectivity index (χ2n) is 4.66. The van der Waals surface area contributed by atoms with Gasteiger partial charge in [-0.15, -0.1) is 0 Å². The van der Waals surface area contributed by atoms with Crippen LogP contribution in [0, 0.1) is 0 Å². The molecular weight excluding hydrogens is 232 g/mol. The molecule has 1 fully saturated rings. The number of carboxylic acids is 1. The molecule has 1 aliphatic rings. The predicted octanol–water partition coefficient (Wildman–Crippen LogP) is -0.197. The van der Waals surface area contributed by atoms with Gasteiger partial charge in [0.1, 0.15) is 0 Å². The Morgan fingerprint density at radius 3 is 3.00 bits per heavy atom. The van der Waals surface area contributed by atoms with Crippen LogP contribution >= 0.6 is 0 Å². The molecule has 5 nitrogen and oxygen atoms in total. The maximum Gasteiger partial charge on any atom is 0.220 e. The highest BCUT2D eigenvalue weighted by molar-refractivity contribution is 5.86. The third-order valence-corrected chi connectivity index (χ3v) is 3.26. The zero-order chi connectivity index (χ0) is 13.0. The van der Waals surface area contributed by atoms with Crippen LogP contribution in [0.25, 0.3) is 0 Å². The molecule has 0 spiro atoms. The van der Waals surface area contributed by atoms with Crippen LogP contribution in [0.1, 0.15) is 31.2 Å². The molecule has 0 aromatic carbocycles. The van der Waals surface area contributed by atoms with Crippen LogP contribution in [0.15, 0.2) is 24.5 Å². The largest absolute Gasteiger partial charge is 0.548 e. The summed E-state index contributed by atoms with van der Waals surface area (Å²) >= 11 is 0. The standard InChI is InChI=1S/C13H16N2O3/c16-11-5-1-2-6-13(15-11,12(17)18)8-10-4-3-7-14-9-10/h3-4,7,9H,1-2,5-6,8H2,(H,15,16)(H,17,18)/p-1. The maximum atomic E-state index is 11.6. The van der Waals surface area contributed by atoms with Crippen LogP contribution in [-0.2, 0) is 16.0 Å². The van der Waals surface area contributed by atoms with E-state index in [1.165, 1.54) is 0 Å². The smallest absolute Gasteiger partial charge is 0.220 e. The van der Waals surface area contributed by atoms with Gasteiger partial charge in [0.25, 0.3) is 0 Å². The van der Waals surface area contributed by atoms with Crippen molar-refractivity contribution in [1.29, 1.82) is 0 Å². The van der Waals surface area contributed by atoms with Gasteiger partial charge in [-0.3, -0.25) is 9.78 Å². The molecule has 2 heterocycles. The number of aromatic nitrogens is 1. The van der Waals surface area contributed by atoms with Gasteiger partial charge in [-0.2, -0.15) is 0 Å². The molecule has 18 heavy (non-hydrogen) atoms. The lowest BCUT2D eigenvalue weighted by molar-refractivity contribution is -0.314. The van der Waals surface area contributed by atoms with E-state index in [1.54, 1.807) is 24.5 Å². The van der Waals surface area contributed by atoms with Crippen LogP contribution in [0.5, 0.6) is 0 Å². The summed E-state index contributed by atoms with van der Waals surface area (Å²) in [4.78, 5) is 27.0. The van der Waals surface area contributed by atoms with Crippen molar-refractivity contribution in [2.45, 2.75) is 37.6 Å².